The molecule has 2 N–H and O–H groups in total. The predicted octanol–water partition coefficient (Wildman–Crippen LogP) is 1.21. The molecule has 0 saturated heterocycles. The Morgan fingerprint density at radius 3 is 2.89 bits per heavy atom. The SMILES string of the molecule is COC(=O)c1ncn(-c2c(F)cccc2[C@@H](C)N)n1. The van der Waals surface area contributed by atoms with Crippen LogP contribution < -0.4 is 5.73 Å². The molecule has 1 aromatic carbocycles. The highest BCUT2D eigenvalue weighted by Crippen LogP contribution is 2.22. The topological polar surface area (TPSA) is 83.0 Å². The summed E-state index contributed by atoms with van der Waals surface area (Å²) in [6.07, 6.45) is 1.25. The zero-order valence-electron chi connectivity index (χ0n) is 10.5. The Kier molecular flexibility index (Phi) is 3.57. The zero-order valence-corrected chi connectivity index (χ0v) is 10.5. The van der Waals surface area contributed by atoms with Gasteiger partial charge in [-0.3, -0.25) is 0 Å². The van der Waals surface area contributed by atoms with Crippen LogP contribution >= 0.6 is 0 Å². The van der Waals surface area contributed by atoms with Crippen LogP contribution in [0, 0.1) is 5.82 Å². The molecule has 0 aliphatic rings. The number of nitrogens with zero attached hydrogens (tertiary/aromatic N) is 3. The fourth-order valence-corrected chi connectivity index (χ4v) is 1.70. The molecule has 0 fully saturated rings. The summed E-state index contributed by atoms with van der Waals surface area (Å²) >= 11 is 0. The second-order valence-electron chi connectivity index (χ2n) is 3.97. The fraction of sp³-hybridized carbons (Fsp3) is 0.250. The third-order valence-corrected chi connectivity index (χ3v) is 2.60. The number of rotatable bonds is 3. The number of hydrogen-bond acceptors (Lipinski definition) is 5. The minimum Gasteiger partial charge on any atom is -0.463 e. The average molecular weight is 264 g/mol. The largest absolute Gasteiger partial charge is 0.463 e. The molecule has 0 bridgehead atoms. The van der Waals surface area contributed by atoms with E-state index in [-0.39, 0.29) is 17.6 Å². The van der Waals surface area contributed by atoms with Crippen molar-refractivity contribution in [3.63, 3.8) is 0 Å². The first-order valence-electron chi connectivity index (χ1n) is 5.59. The van der Waals surface area contributed by atoms with Crippen molar-refractivity contribution in [3.8, 4) is 5.69 Å². The summed E-state index contributed by atoms with van der Waals surface area (Å²) in [6, 6.07) is 4.18. The van der Waals surface area contributed by atoms with Crippen LogP contribution in [-0.2, 0) is 4.74 Å². The Bertz CT molecular complexity index is 610. The predicted molar refractivity (Wildman–Crippen MR) is 65.3 cm³/mol. The third kappa shape index (κ3) is 2.45. The van der Waals surface area contributed by atoms with Crippen molar-refractivity contribution in [2.75, 3.05) is 7.11 Å². The number of halogens is 1. The van der Waals surface area contributed by atoms with Gasteiger partial charge >= 0.3 is 5.97 Å². The van der Waals surface area contributed by atoms with Gasteiger partial charge < -0.3 is 10.5 Å². The summed E-state index contributed by atoms with van der Waals surface area (Å²) in [5.41, 5.74) is 6.55. The maximum absolute atomic E-state index is 13.9. The molecule has 7 heteroatoms. The molecule has 0 aliphatic heterocycles. The van der Waals surface area contributed by atoms with Crippen LogP contribution in [0.1, 0.15) is 29.1 Å². The third-order valence-electron chi connectivity index (χ3n) is 2.60. The maximum Gasteiger partial charge on any atom is 0.377 e. The molecular formula is C12H13FN4O2. The summed E-state index contributed by atoms with van der Waals surface area (Å²) in [5.74, 6) is -1.31. The van der Waals surface area contributed by atoms with Crippen LogP contribution in [-0.4, -0.2) is 27.8 Å². The molecule has 19 heavy (non-hydrogen) atoms. The lowest BCUT2D eigenvalue weighted by Gasteiger charge is -2.12. The molecule has 1 atom stereocenters. The molecule has 0 spiro atoms. The van der Waals surface area contributed by atoms with Gasteiger partial charge in [0.25, 0.3) is 5.82 Å². The van der Waals surface area contributed by atoms with Gasteiger partial charge in [-0.05, 0) is 18.6 Å². The highest BCUT2D eigenvalue weighted by Gasteiger charge is 2.17. The minimum atomic E-state index is -0.683. The first kappa shape index (κ1) is 13.2. The Morgan fingerprint density at radius 1 is 1.53 bits per heavy atom. The molecule has 2 rings (SSSR count). The number of carbonyl (C=O) groups excluding carboxylic acids is 1. The molecular weight excluding hydrogens is 251 g/mol. The van der Waals surface area contributed by atoms with Gasteiger partial charge in [0, 0.05) is 6.04 Å². The van der Waals surface area contributed by atoms with E-state index >= 15 is 0 Å². The summed E-state index contributed by atoms with van der Waals surface area (Å²) in [5, 5.41) is 3.89. The van der Waals surface area contributed by atoms with Gasteiger partial charge in [0.1, 0.15) is 17.8 Å². The second-order valence-corrected chi connectivity index (χ2v) is 3.97. The van der Waals surface area contributed by atoms with E-state index < -0.39 is 11.8 Å². The lowest BCUT2D eigenvalue weighted by molar-refractivity contribution is 0.0587. The van der Waals surface area contributed by atoms with Crippen molar-refractivity contribution >= 4 is 5.97 Å². The smallest absolute Gasteiger partial charge is 0.377 e. The Morgan fingerprint density at radius 2 is 2.26 bits per heavy atom. The van der Waals surface area contributed by atoms with Gasteiger partial charge in [0.05, 0.1) is 7.11 Å². The van der Waals surface area contributed by atoms with Crippen molar-refractivity contribution in [2.24, 2.45) is 5.73 Å². The molecule has 6 nitrogen and oxygen atoms in total. The van der Waals surface area contributed by atoms with Crippen molar-refractivity contribution in [1.82, 2.24) is 14.8 Å². The highest BCUT2D eigenvalue weighted by molar-refractivity contribution is 5.84. The van der Waals surface area contributed by atoms with E-state index in [1.807, 2.05) is 0 Å². The molecule has 1 heterocycles. The number of carbonyl (C=O) groups is 1. The molecule has 1 aromatic heterocycles. The monoisotopic (exact) mass is 264 g/mol. The quantitative estimate of drug-likeness (QED) is 0.842. The number of para-hydroxylation sites is 1. The molecule has 0 amide bonds. The average Bonchev–Trinajstić information content (AvgIpc) is 2.86. The first-order valence-corrected chi connectivity index (χ1v) is 5.59. The fourth-order valence-electron chi connectivity index (χ4n) is 1.70. The van der Waals surface area contributed by atoms with E-state index in [4.69, 9.17) is 5.73 Å². The number of benzene rings is 1. The summed E-state index contributed by atoms with van der Waals surface area (Å²) < 4.78 is 19.6. The van der Waals surface area contributed by atoms with Crippen LogP contribution in [0.15, 0.2) is 24.5 Å². The van der Waals surface area contributed by atoms with Gasteiger partial charge in [-0.1, -0.05) is 12.1 Å². The van der Waals surface area contributed by atoms with E-state index in [9.17, 15) is 9.18 Å². The maximum atomic E-state index is 13.9. The van der Waals surface area contributed by atoms with E-state index in [1.54, 1.807) is 19.1 Å². The Labute approximate surface area is 109 Å². The standard InChI is InChI=1S/C12H13FN4O2/c1-7(14)8-4-3-5-9(13)10(8)17-6-15-11(16-17)12(18)19-2/h3-7H,14H2,1-2H3/t7-/m1/s1. The number of hydrogen-bond donors (Lipinski definition) is 1. The molecule has 0 radical (unpaired) electrons. The number of esters is 1. The van der Waals surface area contributed by atoms with E-state index in [1.165, 1.54) is 24.2 Å². The molecule has 0 saturated carbocycles. The Hall–Kier alpha value is -2.28. The van der Waals surface area contributed by atoms with Crippen molar-refractivity contribution in [3.05, 3.63) is 41.7 Å². The summed E-state index contributed by atoms with van der Waals surface area (Å²) in [6.45, 7) is 1.73. The molecule has 100 valence electrons. The van der Waals surface area contributed by atoms with Gasteiger partial charge in [-0.2, -0.15) is 0 Å². The lowest BCUT2D eigenvalue weighted by Crippen LogP contribution is -2.12. The van der Waals surface area contributed by atoms with E-state index in [0.717, 1.165) is 0 Å². The number of methoxy groups -OCH3 is 1. The van der Waals surface area contributed by atoms with Crippen LogP contribution in [0.25, 0.3) is 5.69 Å². The van der Waals surface area contributed by atoms with Crippen LogP contribution in [0.3, 0.4) is 0 Å². The van der Waals surface area contributed by atoms with Crippen LogP contribution in [0.2, 0.25) is 0 Å². The zero-order chi connectivity index (χ0) is 14.0. The van der Waals surface area contributed by atoms with E-state index in [0.29, 0.717) is 5.56 Å². The lowest BCUT2D eigenvalue weighted by atomic mass is 10.1. The van der Waals surface area contributed by atoms with Gasteiger partial charge in [0.2, 0.25) is 0 Å². The van der Waals surface area contributed by atoms with Crippen molar-refractivity contribution < 1.29 is 13.9 Å². The van der Waals surface area contributed by atoms with Crippen LogP contribution in [0.5, 0.6) is 0 Å². The van der Waals surface area contributed by atoms with Gasteiger partial charge in [-0.25, -0.2) is 18.9 Å². The number of nitrogens with two attached hydrogens (primary N) is 1. The van der Waals surface area contributed by atoms with Gasteiger partial charge in [-0.15, -0.1) is 5.10 Å². The summed E-state index contributed by atoms with van der Waals surface area (Å²) in [4.78, 5) is 15.1. The minimum absolute atomic E-state index is 0.138. The van der Waals surface area contributed by atoms with Crippen LogP contribution in [0.4, 0.5) is 4.39 Å². The van der Waals surface area contributed by atoms with Crippen molar-refractivity contribution in [2.45, 2.75) is 13.0 Å². The molecule has 0 aliphatic carbocycles. The Balaban J connectivity index is 2.53. The molecule has 2 aromatic rings. The highest BCUT2D eigenvalue weighted by atomic mass is 19.1. The first-order chi connectivity index (χ1) is 9.04. The van der Waals surface area contributed by atoms with Gasteiger partial charge in [0.15, 0.2) is 0 Å². The summed E-state index contributed by atoms with van der Waals surface area (Å²) in [7, 11) is 1.22. The van der Waals surface area contributed by atoms with Crippen molar-refractivity contribution in [1.29, 1.82) is 0 Å². The molecule has 0 unspecified atom stereocenters. The second kappa shape index (κ2) is 5.15. The number of ether oxygens (including phenoxy) is 1. The number of aromatic nitrogens is 3. The normalized spacial score (nSPS) is 12.2. The van der Waals surface area contributed by atoms with E-state index in [2.05, 4.69) is 14.8 Å².